The number of rotatable bonds is 7. The zero-order valence-corrected chi connectivity index (χ0v) is 15.2. The fourth-order valence-electron chi connectivity index (χ4n) is 2.38. The van der Waals surface area contributed by atoms with Gasteiger partial charge in [-0.15, -0.1) is 13.2 Å². The van der Waals surface area contributed by atoms with Crippen LogP contribution in [0.5, 0.6) is 5.75 Å². The summed E-state index contributed by atoms with van der Waals surface area (Å²) in [6.45, 7) is 0.738. The number of ether oxygens (including phenoxy) is 1. The van der Waals surface area contributed by atoms with Gasteiger partial charge in [-0.3, -0.25) is 4.79 Å². The molecule has 150 valence electrons. The molecule has 6 nitrogen and oxygen atoms in total. The van der Waals surface area contributed by atoms with Crippen molar-refractivity contribution in [2.24, 2.45) is 10.7 Å². The van der Waals surface area contributed by atoms with Crippen molar-refractivity contribution in [2.45, 2.75) is 19.3 Å². The molecule has 28 heavy (non-hydrogen) atoms. The third-order valence-electron chi connectivity index (χ3n) is 3.72. The second-order valence-electron chi connectivity index (χ2n) is 5.85. The van der Waals surface area contributed by atoms with Gasteiger partial charge in [0, 0.05) is 19.2 Å². The molecule has 0 spiro atoms. The Labute approximate surface area is 160 Å². The molecule has 2 aromatic rings. The molecule has 0 aliphatic carbocycles. The van der Waals surface area contributed by atoms with E-state index in [1.807, 2.05) is 12.1 Å². The zero-order valence-electron chi connectivity index (χ0n) is 15.2. The lowest BCUT2D eigenvalue weighted by atomic mass is 10.1. The molecule has 0 bridgehead atoms. The van der Waals surface area contributed by atoms with Gasteiger partial charge in [-0.25, -0.2) is 4.99 Å². The number of hydrogen-bond donors (Lipinski definition) is 3. The summed E-state index contributed by atoms with van der Waals surface area (Å²) >= 11 is 0. The number of carbonyl (C=O) groups excluding carboxylic acids is 1. The number of guanidine groups is 1. The molecule has 0 aromatic heterocycles. The van der Waals surface area contributed by atoms with Crippen molar-refractivity contribution in [3.63, 3.8) is 0 Å². The summed E-state index contributed by atoms with van der Waals surface area (Å²) in [6.07, 6.45) is -4.07. The third kappa shape index (κ3) is 7.18. The number of hydrogen-bond acceptors (Lipinski definition) is 3. The SMILES string of the molecule is CNC(=O)c1cccc(CCNC(N)=NCc2ccc(OC(F)(F)F)cc2)c1. The van der Waals surface area contributed by atoms with Crippen LogP contribution in [0.1, 0.15) is 21.5 Å². The Bertz CT molecular complexity index is 821. The topological polar surface area (TPSA) is 88.7 Å². The first kappa shape index (κ1) is 21.1. The third-order valence-corrected chi connectivity index (χ3v) is 3.72. The van der Waals surface area contributed by atoms with Gasteiger partial charge in [-0.1, -0.05) is 24.3 Å². The van der Waals surface area contributed by atoms with Crippen LogP contribution in [-0.4, -0.2) is 31.8 Å². The maximum atomic E-state index is 12.1. The number of carbonyl (C=O) groups is 1. The molecule has 0 fully saturated rings. The number of amides is 1. The number of aliphatic imine (C=N–C) groups is 1. The summed E-state index contributed by atoms with van der Waals surface area (Å²) in [5.74, 6) is -0.217. The minimum absolute atomic E-state index is 0.150. The van der Waals surface area contributed by atoms with Crippen molar-refractivity contribution in [3.8, 4) is 5.75 Å². The first-order valence-electron chi connectivity index (χ1n) is 8.46. The van der Waals surface area contributed by atoms with Gasteiger partial charge in [-0.05, 0) is 41.8 Å². The summed E-state index contributed by atoms with van der Waals surface area (Å²) in [6, 6.07) is 12.7. The average Bonchev–Trinajstić information content (AvgIpc) is 2.66. The molecular formula is C19H21F3N4O2. The molecular weight excluding hydrogens is 373 g/mol. The molecule has 0 aliphatic heterocycles. The van der Waals surface area contributed by atoms with Gasteiger partial charge in [-0.2, -0.15) is 0 Å². The fraction of sp³-hybridized carbons (Fsp3) is 0.263. The van der Waals surface area contributed by atoms with Crippen LogP contribution in [-0.2, 0) is 13.0 Å². The Morgan fingerprint density at radius 2 is 1.86 bits per heavy atom. The van der Waals surface area contributed by atoms with Gasteiger partial charge in [0.05, 0.1) is 6.54 Å². The lowest BCUT2D eigenvalue weighted by Crippen LogP contribution is -2.33. The fourth-order valence-corrected chi connectivity index (χ4v) is 2.38. The highest BCUT2D eigenvalue weighted by molar-refractivity contribution is 5.94. The van der Waals surface area contributed by atoms with Crippen LogP contribution in [0.25, 0.3) is 0 Å². The minimum Gasteiger partial charge on any atom is -0.406 e. The first-order valence-corrected chi connectivity index (χ1v) is 8.46. The van der Waals surface area contributed by atoms with Crippen molar-refractivity contribution in [1.29, 1.82) is 0 Å². The smallest absolute Gasteiger partial charge is 0.406 e. The molecule has 9 heteroatoms. The molecule has 0 unspecified atom stereocenters. The Balaban J connectivity index is 1.81. The molecule has 0 radical (unpaired) electrons. The second-order valence-corrected chi connectivity index (χ2v) is 5.85. The quantitative estimate of drug-likeness (QED) is 0.498. The normalized spacial score (nSPS) is 11.8. The Morgan fingerprint density at radius 3 is 2.50 bits per heavy atom. The van der Waals surface area contributed by atoms with Crippen molar-refractivity contribution < 1.29 is 22.7 Å². The van der Waals surface area contributed by atoms with Gasteiger partial charge < -0.3 is 21.1 Å². The van der Waals surface area contributed by atoms with Crippen LogP contribution in [0.3, 0.4) is 0 Å². The van der Waals surface area contributed by atoms with Crippen LogP contribution < -0.4 is 21.1 Å². The maximum absolute atomic E-state index is 12.1. The van der Waals surface area contributed by atoms with Gasteiger partial charge in [0.25, 0.3) is 5.91 Å². The minimum atomic E-state index is -4.71. The van der Waals surface area contributed by atoms with E-state index in [2.05, 4.69) is 20.4 Å². The summed E-state index contributed by atoms with van der Waals surface area (Å²) in [7, 11) is 1.57. The van der Waals surface area contributed by atoms with E-state index in [0.29, 0.717) is 24.1 Å². The molecule has 0 saturated carbocycles. The summed E-state index contributed by atoms with van der Waals surface area (Å²) < 4.78 is 40.2. The maximum Gasteiger partial charge on any atom is 0.573 e. The number of halogens is 3. The van der Waals surface area contributed by atoms with Crippen molar-refractivity contribution >= 4 is 11.9 Å². The summed E-state index contributed by atoms with van der Waals surface area (Å²) in [5.41, 5.74) is 8.05. The highest BCUT2D eigenvalue weighted by Crippen LogP contribution is 2.22. The van der Waals surface area contributed by atoms with E-state index in [4.69, 9.17) is 5.73 Å². The highest BCUT2D eigenvalue weighted by atomic mass is 19.4. The Kier molecular flexibility index (Phi) is 7.25. The molecule has 4 N–H and O–H groups in total. The molecule has 0 atom stereocenters. The van der Waals surface area contributed by atoms with Crippen LogP contribution in [0.4, 0.5) is 13.2 Å². The molecule has 1 amide bonds. The van der Waals surface area contributed by atoms with E-state index in [-0.39, 0.29) is 24.2 Å². The molecule has 0 aliphatic rings. The molecule has 0 saturated heterocycles. The number of nitrogens with zero attached hydrogens (tertiary/aromatic N) is 1. The van der Waals surface area contributed by atoms with Crippen LogP contribution >= 0.6 is 0 Å². The Hall–Kier alpha value is -3.23. The zero-order chi connectivity index (χ0) is 20.6. The highest BCUT2D eigenvalue weighted by Gasteiger charge is 2.30. The van der Waals surface area contributed by atoms with E-state index < -0.39 is 6.36 Å². The van der Waals surface area contributed by atoms with Crippen LogP contribution in [0.2, 0.25) is 0 Å². The van der Waals surface area contributed by atoms with Crippen molar-refractivity contribution in [2.75, 3.05) is 13.6 Å². The second kappa shape index (κ2) is 9.63. The number of nitrogens with one attached hydrogen (secondary N) is 2. The van der Waals surface area contributed by atoms with Gasteiger partial charge in [0.15, 0.2) is 5.96 Å². The summed E-state index contributed by atoms with van der Waals surface area (Å²) in [4.78, 5) is 15.8. The monoisotopic (exact) mass is 394 g/mol. The predicted octanol–water partition coefficient (Wildman–Crippen LogP) is 2.59. The molecule has 2 aromatic carbocycles. The van der Waals surface area contributed by atoms with E-state index in [1.165, 1.54) is 24.3 Å². The van der Waals surface area contributed by atoms with Gasteiger partial charge >= 0.3 is 6.36 Å². The summed E-state index contributed by atoms with van der Waals surface area (Å²) in [5, 5.41) is 5.53. The van der Waals surface area contributed by atoms with E-state index in [1.54, 1.807) is 19.2 Å². The predicted molar refractivity (Wildman–Crippen MR) is 100.0 cm³/mol. The lowest BCUT2D eigenvalue weighted by Gasteiger charge is -2.09. The average molecular weight is 394 g/mol. The largest absolute Gasteiger partial charge is 0.573 e. The number of alkyl halides is 3. The van der Waals surface area contributed by atoms with E-state index in [0.717, 1.165) is 5.56 Å². The Morgan fingerprint density at radius 1 is 1.14 bits per heavy atom. The first-order chi connectivity index (χ1) is 13.3. The van der Waals surface area contributed by atoms with Crippen LogP contribution in [0.15, 0.2) is 53.5 Å². The molecule has 2 rings (SSSR count). The van der Waals surface area contributed by atoms with Crippen molar-refractivity contribution in [1.82, 2.24) is 10.6 Å². The number of benzene rings is 2. The molecule has 0 heterocycles. The van der Waals surface area contributed by atoms with Gasteiger partial charge in [0.2, 0.25) is 0 Å². The van der Waals surface area contributed by atoms with E-state index >= 15 is 0 Å². The van der Waals surface area contributed by atoms with Crippen LogP contribution in [0, 0.1) is 0 Å². The van der Waals surface area contributed by atoms with E-state index in [9.17, 15) is 18.0 Å². The standard InChI is InChI=1S/C19H21F3N4O2/c1-24-17(27)15-4-2-3-13(11-15)9-10-25-18(23)26-12-14-5-7-16(8-6-14)28-19(20,21)22/h2-8,11H,9-10,12H2,1H3,(H,24,27)(H3,23,25,26). The van der Waals surface area contributed by atoms with Crippen molar-refractivity contribution in [3.05, 3.63) is 65.2 Å². The lowest BCUT2D eigenvalue weighted by molar-refractivity contribution is -0.274. The number of nitrogens with two attached hydrogens (primary N) is 1. The van der Waals surface area contributed by atoms with Gasteiger partial charge in [0.1, 0.15) is 5.75 Å².